The van der Waals surface area contributed by atoms with Crippen LogP contribution in [0.25, 0.3) is 6.08 Å². The van der Waals surface area contributed by atoms with Gasteiger partial charge < -0.3 is 10.1 Å². The summed E-state index contributed by atoms with van der Waals surface area (Å²) in [7, 11) is 1.68. The molecule has 0 fully saturated rings. The van der Waals surface area contributed by atoms with Gasteiger partial charge in [0.1, 0.15) is 5.75 Å². The Bertz CT molecular complexity index is 541. The SMILES string of the molecule is COc1ccc(NCC/C=C/c2ccc(C)cc2)cc1. The minimum atomic E-state index is 0.884. The minimum absolute atomic E-state index is 0.884. The highest BCUT2D eigenvalue weighted by Crippen LogP contribution is 2.14. The average Bonchev–Trinajstić information content (AvgIpc) is 2.49. The highest BCUT2D eigenvalue weighted by Gasteiger charge is 1.92. The summed E-state index contributed by atoms with van der Waals surface area (Å²) in [4.78, 5) is 0. The number of benzene rings is 2. The van der Waals surface area contributed by atoms with Gasteiger partial charge in [0.15, 0.2) is 0 Å². The Morgan fingerprint density at radius 2 is 1.70 bits per heavy atom. The molecule has 0 aromatic heterocycles. The average molecular weight is 267 g/mol. The molecule has 2 aromatic rings. The first-order chi connectivity index (χ1) is 9.78. The van der Waals surface area contributed by atoms with E-state index in [-0.39, 0.29) is 0 Å². The fourth-order valence-corrected chi connectivity index (χ4v) is 1.91. The van der Waals surface area contributed by atoms with Gasteiger partial charge in [-0.15, -0.1) is 0 Å². The fourth-order valence-electron chi connectivity index (χ4n) is 1.91. The maximum atomic E-state index is 5.13. The minimum Gasteiger partial charge on any atom is -0.497 e. The van der Waals surface area contributed by atoms with Crippen LogP contribution in [0.5, 0.6) is 5.75 Å². The van der Waals surface area contributed by atoms with Crippen molar-refractivity contribution < 1.29 is 4.74 Å². The molecule has 2 nitrogen and oxygen atoms in total. The second-order valence-electron chi connectivity index (χ2n) is 4.76. The van der Waals surface area contributed by atoms with Crippen molar-refractivity contribution in [1.29, 1.82) is 0 Å². The summed E-state index contributed by atoms with van der Waals surface area (Å²) in [5.74, 6) is 0.884. The van der Waals surface area contributed by atoms with E-state index < -0.39 is 0 Å². The summed E-state index contributed by atoms with van der Waals surface area (Å²) in [5, 5.41) is 3.38. The smallest absolute Gasteiger partial charge is 0.119 e. The number of ether oxygens (including phenoxy) is 1. The highest BCUT2D eigenvalue weighted by molar-refractivity contribution is 5.50. The van der Waals surface area contributed by atoms with E-state index in [1.54, 1.807) is 7.11 Å². The van der Waals surface area contributed by atoms with Crippen molar-refractivity contribution >= 4 is 11.8 Å². The number of methoxy groups -OCH3 is 1. The highest BCUT2D eigenvalue weighted by atomic mass is 16.5. The third kappa shape index (κ3) is 4.47. The summed E-state index contributed by atoms with van der Waals surface area (Å²) < 4.78 is 5.13. The van der Waals surface area contributed by atoms with Crippen LogP contribution < -0.4 is 10.1 Å². The van der Waals surface area contributed by atoms with Crippen LogP contribution in [0.1, 0.15) is 17.5 Å². The molecular formula is C18H21NO. The number of hydrogen-bond acceptors (Lipinski definition) is 2. The summed E-state index contributed by atoms with van der Waals surface area (Å²) in [6, 6.07) is 16.5. The molecule has 0 spiro atoms. The molecule has 104 valence electrons. The molecule has 2 aromatic carbocycles. The van der Waals surface area contributed by atoms with Crippen LogP contribution in [0, 0.1) is 6.92 Å². The molecule has 0 amide bonds. The molecule has 2 rings (SSSR count). The van der Waals surface area contributed by atoms with Crippen molar-refractivity contribution in [1.82, 2.24) is 0 Å². The lowest BCUT2D eigenvalue weighted by Crippen LogP contribution is -1.99. The largest absolute Gasteiger partial charge is 0.497 e. The second kappa shape index (κ2) is 7.39. The fraction of sp³-hybridized carbons (Fsp3) is 0.222. The third-order valence-corrected chi connectivity index (χ3v) is 3.12. The molecule has 0 atom stereocenters. The van der Waals surface area contributed by atoms with Gasteiger partial charge in [-0.25, -0.2) is 0 Å². The van der Waals surface area contributed by atoms with Gasteiger partial charge in [-0.3, -0.25) is 0 Å². The van der Waals surface area contributed by atoms with E-state index in [1.165, 1.54) is 11.1 Å². The van der Waals surface area contributed by atoms with Crippen LogP contribution >= 0.6 is 0 Å². The van der Waals surface area contributed by atoms with Gasteiger partial charge in [0.2, 0.25) is 0 Å². The Morgan fingerprint density at radius 1 is 1.00 bits per heavy atom. The van der Waals surface area contributed by atoms with Crippen LogP contribution in [0.2, 0.25) is 0 Å². The Balaban J connectivity index is 1.74. The summed E-state index contributed by atoms with van der Waals surface area (Å²) in [5.41, 5.74) is 3.66. The normalized spacial score (nSPS) is 10.7. The van der Waals surface area contributed by atoms with Crippen molar-refractivity contribution in [3.05, 3.63) is 65.7 Å². The van der Waals surface area contributed by atoms with Crippen molar-refractivity contribution in [3.8, 4) is 5.75 Å². The quantitative estimate of drug-likeness (QED) is 0.777. The number of aryl methyl sites for hydroxylation is 1. The van der Waals surface area contributed by atoms with E-state index in [2.05, 4.69) is 48.7 Å². The van der Waals surface area contributed by atoms with Gasteiger partial charge in [0, 0.05) is 12.2 Å². The number of nitrogens with one attached hydrogen (secondary N) is 1. The predicted octanol–water partition coefficient (Wildman–Crippen LogP) is 4.52. The topological polar surface area (TPSA) is 21.3 Å². The first kappa shape index (κ1) is 14.2. The van der Waals surface area contributed by atoms with E-state index in [0.29, 0.717) is 0 Å². The lowest BCUT2D eigenvalue weighted by molar-refractivity contribution is 0.415. The third-order valence-electron chi connectivity index (χ3n) is 3.12. The molecular weight excluding hydrogens is 246 g/mol. The molecule has 0 heterocycles. The van der Waals surface area contributed by atoms with Gasteiger partial charge in [-0.05, 0) is 43.2 Å². The van der Waals surface area contributed by atoms with Gasteiger partial charge in [-0.1, -0.05) is 42.0 Å². The van der Waals surface area contributed by atoms with Crippen LogP contribution in [0.3, 0.4) is 0 Å². The van der Waals surface area contributed by atoms with Crippen molar-refractivity contribution in [2.75, 3.05) is 19.0 Å². The Kier molecular flexibility index (Phi) is 5.24. The molecule has 1 N–H and O–H groups in total. The molecule has 0 saturated carbocycles. The van der Waals surface area contributed by atoms with Crippen LogP contribution in [-0.2, 0) is 0 Å². The molecule has 2 heteroatoms. The second-order valence-corrected chi connectivity index (χ2v) is 4.76. The van der Waals surface area contributed by atoms with Gasteiger partial charge in [-0.2, -0.15) is 0 Å². The molecule has 0 unspecified atom stereocenters. The van der Waals surface area contributed by atoms with Crippen LogP contribution in [-0.4, -0.2) is 13.7 Å². The standard InChI is InChI=1S/C18H21NO/c1-15-6-8-16(9-7-15)5-3-4-14-19-17-10-12-18(20-2)13-11-17/h3,5-13,19H,4,14H2,1-2H3/b5-3+. The lowest BCUT2D eigenvalue weighted by atomic mass is 10.1. The zero-order valence-corrected chi connectivity index (χ0v) is 12.1. The Morgan fingerprint density at radius 3 is 2.35 bits per heavy atom. The van der Waals surface area contributed by atoms with Crippen LogP contribution in [0.15, 0.2) is 54.6 Å². The van der Waals surface area contributed by atoms with Crippen molar-refractivity contribution in [3.63, 3.8) is 0 Å². The molecule has 0 aliphatic rings. The first-order valence-corrected chi connectivity index (χ1v) is 6.89. The van der Waals surface area contributed by atoms with E-state index in [9.17, 15) is 0 Å². The summed E-state index contributed by atoms with van der Waals surface area (Å²) in [6.45, 7) is 3.03. The molecule has 0 radical (unpaired) electrons. The van der Waals surface area contributed by atoms with E-state index >= 15 is 0 Å². The first-order valence-electron chi connectivity index (χ1n) is 6.89. The zero-order chi connectivity index (χ0) is 14.2. The maximum absolute atomic E-state index is 5.13. The van der Waals surface area contributed by atoms with Crippen LogP contribution in [0.4, 0.5) is 5.69 Å². The Hall–Kier alpha value is -2.22. The maximum Gasteiger partial charge on any atom is 0.119 e. The predicted molar refractivity (Wildman–Crippen MR) is 86.3 cm³/mol. The van der Waals surface area contributed by atoms with E-state index in [4.69, 9.17) is 4.74 Å². The molecule has 0 bridgehead atoms. The van der Waals surface area contributed by atoms with E-state index in [0.717, 1.165) is 24.4 Å². The molecule has 0 aliphatic carbocycles. The van der Waals surface area contributed by atoms with E-state index in [1.807, 2.05) is 24.3 Å². The molecule has 0 aliphatic heterocycles. The van der Waals surface area contributed by atoms with Gasteiger partial charge in [0.25, 0.3) is 0 Å². The lowest BCUT2D eigenvalue weighted by Gasteiger charge is -2.05. The monoisotopic (exact) mass is 267 g/mol. The Labute approximate surface area is 121 Å². The number of hydrogen-bond donors (Lipinski definition) is 1. The number of anilines is 1. The number of rotatable bonds is 6. The van der Waals surface area contributed by atoms with Gasteiger partial charge >= 0.3 is 0 Å². The molecule has 0 saturated heterocycles. The zero-order valence-electron chi connectivity index (χ0n) is 12.1. The molecule has 20 heavy (non-hydrogen) atoms. The summed E-state index contributed by atoms with van der Waals surface area (Å²) in [6.07, 6.45) is 5.36. The van der Waals surface area contributed by atoms with Crippen molar-refractivity contribution in [2.45, 2.75) is 13.3 Å². The van der Waals surface area contributed by atoms with Crippen molar-refractivity contribution in [2.24, 2.45) is 0 Å². The van der Waals surface area contributed by atoms with Gasteiger partial charge in [0.05, 0.1) is 7.11 Å². The summed E-state index contributed by atoms with van der Waals surface area (Å²) >= 11 is 0.